The highest BCUT2D eigenvalue weighted by Gasteiger charge is 2.33. The van der Waals surface area contributed by atoms with Gasteiger partial charge in [-0.05, 0) is 19.3 Å². The lowest BCUT2D eigenvalue weighted by molar-refractivity contribution is 0.0754. The smallest absolute Gasteiger partial charge is 0.282 e. The third kappa shape index (κ3) is 4.14. The molecule has 1 aromatic carbocycles. The predicted molar refractivity (Wildman–Crippen MR) is 115 cm³/mol. The fraction of sp³-hybridized carbons (Fsp3) is 0.524. The highest BCUT2D eigenvalue weighted by atomic mass is 32.2. The third-order valence-corrected chi connectivity index (χ3v) is 7.98. The minimum Gasteiger partial charge on any atom is -0.336 e. The Bertz CT molecular complexity index is 983. The Morgan fingerprint density at radius 2 is 1.53 bits per heavy atom. The van der Waals surface area contributed by atoms with Gasteiger partial charge >= 0.3 is 0 Å². The first-order valence-electron chi connectivity index (χ1n) is 10.6. The van der Waals surface area contributed by atoms with Crippen LogP contribution in [0.25, 0.3) is 11.4 Å². The van der Waals surface area contributed by atoms with E-state index in [1.807, 2.05) is 41.9 Å². The van der Waals surface area contributed by atoms with Crippen LogP contribution in [0.2, 0.25) is 0 Å². The predicted octanol–water partition coefficient (Wildman–Crippen LogP) is 1.97. The molecule has 0 bridgehead atoms. The molecule has 30 heavy (non-hydrogen) atoms. The zero-order chi connectivity index (χ0) is 21.1. The molecule has 0 N–H and O–H groups in total. The summed E-state index contributed by atoms with van der Waals surface area (Å²) in [4.78, 5) is 19.4. The molecule has 8 nitrogen and oxygen atoms in total. The fourth-order valence-corrected chi connectivity index (χ4v) is 5.93. The van der Waals surface area contributed by atoms with Crippen molar-refractivity contribution in [3.05, 3.63) is 42.2 Å². The first kappa shape index (κ1) is 21.0. The van der Waals surface area contributed by atoms with Gasteiger partial charge in [-0.3, -0.25) is 4.79 Å². The van der Waals surface area contributed by atoms with Gasteiger partial charge in [0, 0.05) is 51.9 Å². The monoisotopic (exact) mass is 431 g/mol. The summed E-state index contributed by atoms with van der Waals surface area (Å²) in [6.45, 7) is 2.89. The summed E-state index contributed by atoms with van der Waals surface area (Å²) in [6.07, 6.45) is 5.16. The second-order valence-corrected chi connectivity index (χ2v) is 9.83. The van der Waals surface area contributed by atoms with E-state index in [9.17, 15) is 13.2 Å². The zero-order valence-corrected chi connectivity index (χ0v) is 18.2. The van der Waals surface area contributed by atoms with E-state index in [1.54, 1.807) is 19.7 Å². The number of carbonyl (C=O) groups excluding carboxylic acids is 1. The first-order valence-corrected chi connectivity index (χ1v) is 12.0. The second kappa shape index (κ2) is 8.87. The summed E-state index contributed by atoms with van der Waals surface area (Å²) in [5.41, 5.74) is 1.47. The molecular formula is C21H29N5O3S. The van der Waals surface area contributed by atoms with Gasteiger partial charge in [0.2, 0.25) is 0 Å². The van der Waals surface area contributed by atoms with Gasteiger partial charge < -0.3 is 9.47 Å². The van der Waals surface area contributed by atoms with Crippen molar-refractivity contribution in [3.8, 4) is 11.4 Å². The van der Waals surface area contributed by atoms with Gasteiger partial charge in [-0.25, -0.2) is 4.98 Å². The average Bonchev–Trinajstić information content (AvgIpc) is 2.99. The maximum Gasteiger partial charge on any atom is 0.282 e. The van der Waals surface area contributed by atoms with Gasteiger partial charge in [0.1, 0.15) is 11.5 Å². The number of amides is 1. The van der Waals surface area contributed by atoms with Crippen molar-refractivity contribution >= 4 is 16.1 Å². The largest absolute Gasteiger partial charge is 0.336 e. The number of carbonyl (C=O) groups is 1. The van der Waals surface area contributed by atoms with Crippen molar-refractivity contribution < 1.29 is 13.2 Å². The second-order valence-electron chi connectivity index (χ2n) is 7.90. The van der Waals surface area contributed by atoms with E-state index < -0.39 is 10.2 Å². The third-order valence-electron chi connectivity index (χ3n) is 5.95. The normalized spacial score (nSPS) is 19.6. The molecular weight excluding hydrogens is 402 g/mol. The molecule has 162 valence electrons. The van der Waals surface area contributed by atoms with Crippen LogP contribution >= 0.6 is 0 Å². The summed E-state index contributed by atoms with van der Waals surface area (Å²) in [6, 6.07) is 9.76. The van der Waals surface area contributed by atoms with Crippen LogP contribution in [0.5, 0.6) is 0 Å². The Labute approximate surface area is 178 Å². The van der Waals surface area contributed by atoms with Gasteiger partial charge in [0.25, 0.3) is 16.1 Å². The molecule has 0 unspecified atom stereocenters. The lowest BCUT2D eigenvalue weighted by Crippen LogP contribution is -2.47. The van der Waals surface area contributed by atoms with Crippen LogP contribution < -0.4 is 0 Å². The molecule has 0 radical (unpaired) electrons. The number of aromatic nitrogens is 2. The molecule has 1 aromatic heterocycles. The SMILES string of the molecule is Cn1c(C(=O)N2CCCN(S(=O)(=O)N3CCCCC3)CC2)cnc1-c1ccccc1. The molecule has 1 amide bonds. The fourth-order valence-electron chi connectivity index (χ4n) is 4.21. The van der Waals surface area contributed by atoms with Crippen molar-refractivity contribution in [3.63, 3.8) is 0 Å². The number of nitrogens with zero attached hydrogens (tertiary/aromatic N) is 5. The van der Waals surface area contributed by atoms with Gasteiger partial charge in [0.05, 0.1) is 6.20 Å². The molecule has 2 aromatic rings. The summed E-state index contributed by atoms with van der Waals surface area (Å²) in [5.74, 6) is 0.632. The minimum absolute atomic E-state index is 0.107. The van der Waals surface area contributed by atoms with Gasteiger partial charge in [-0.1, -0.05) is 36.8 Å². The van der Waals surface area contributed by atoms with Crippen LogP contribution in [-0.4, -0.2) is 76.7 Å². The van der Waals surface area contributed by atoms with Crippen LogP contribution in [0, 0.1) is 0 Å². The van der Waals surface area contributed by atoms with Crippen LogP contribution in [-0.2, 0) is 17.3 Å². The van der Waals surface area contributed by atoms with Gasteiger partial charge in [-0.2, -0.15) is 17.0 Å². The molecule has 2 fully saturated rings. The van der Waals surface area contributed by atoms with Crippen molar-refractivity contribution in [1.82, 2.24) is 23.1 Å². The molecule has 3 heterocycles. The highest BCUT2D eigenvalue weighted by Crippen LogP contribution is 2.21. The van der Waals surface area contributed by atoms with E-state index in [1.165, 1.54) is 0 Å². The Morgan fingerprint density at radius 3 is 2.27 bits per heavy atom. The van der Waals surface area contributed by atoms with E-state index in [4.69, 9.17) is 0 Å². The molecule has 9 heteroatoms. The molecule has 0 aliphatic carbocycles. The number of benzene rings is 1. The van der Waals surface area contributed by atoms with E-state index in [0.717, 1.165) is 30.7 Å². The van der Waals surface area contributed by atoms with E-state index in [-0.39, 0.29) is 5.91 Å². The van der Waals surface area contributed by atoms with Crippen LogP contribution in [0.3, 0.4) is 0 Å². The van der Waals surface area contributed by atoms with E-state index >= 15 is 0 Å². The van der Waals surface area contributed by atoms with Crippen molar-refractivity contribution in [2.24, 2.45) is 7.05 Å². The quantitative estimate of drug-likeness (QED) is 0.741. The number of hydrogen-bond donors (Lipinski definition) is 0. The lowest BCUT2D eigenvalue weighted by Gasteiger charge is -2.31. The Kier molecular flexibility index (Phi) is 6.21. The zero-order valence-electron chi connectivity index (χ0n) is 17.4. The average molecular weight is 432 g/mol. The maximum atomic E-state index is 13.2. The van der Waals surface area contributed by atoms with Crippen LogP contribution in [0.1, 0.15) is 36.2 Å². The first-order chi connectivity index (χ1) is 14.5. The lowest BCUT2D eigenvalue weighted by atomic mass is 10.2. The standard InChI is InChI=1S/C21H29N5O3S/c1-23-19(17-22-20(23)18-9-4-2-5-10-18)21(27)24-11-8-14-26(16-15-24)30(28,29)25-12-6-3-7-13-25/h2,4-5,9-10,17H,3,6-8,11-16H2,1H3. The number of hydrogen-bond acceptors (Lipinski definition) is 4. The summed E-state index contributed by atoms with van der Waals surface area (Å²) in [5, 5.41) is 0. The van der Waals surface area contributed by atoms with Gasteiger partial charge in [-0.15, -0.1) is 0 Å². The molecule has 0 atom stereocenters. The number of piperidine rings is 1. The summed E-state index contributed by atoms with van der Waals surface area (Å²) in [7, 11) is -1.61. The van der Waals surface area contributed by atoms with Gasteiger partial charge in [0.15, 0.2) is 0 Å². The molecule has 2 saturated heterocycles. The summed E-state index contributed by atoms with van der Waals surface area (Å²) < 4.78 is 30.9. The van der Waals surface area contributed by atoms with Crippen LogP contribution in [0.4, 0.5) is 0 Å². The number of rotatable bonds is 4. The topological polar surface area (TPSA) is 78.8 Å². The molecule has 2 aliphatic heterocycles. The Balaban J connectivity index is 1.46. The van der Waals surface area contributed by atoms with Crippen molar-refractivity contribution in [2.75, 3.05) is 39.3 Å². The maximum absolute atomic E-state index is 13.2. The highest BCUT2D eigenvalue weighted by molar-refractivity contribution is 7.86. The summed E-state index contributed by atoms with van der Waals surface area (Å²) >= 11 is 0. The molecule has 0 spiro atoms. The molecule has 2 aliphatic rings. The minimum atomic E-state index is -3.45. The van der Waals surface area contributed by atoms with Crippen molar-refractivity contribution in [2.45, 2.75) is 25.7 Å². The molecule has 4 rings (SSSR count). The van der Waals surface area contributed by atoms with Crippen molar-refractivity contribution in [1.29, 1.82) is 0 Å². The van der Waals surface area contributed by atoms with E-state index in [2.05, 4.69) is 4.98 Å². The van der Waals surface area contributed by atoms with E-state index in [0.29, 0.717) is 51.4 Å². The van der Waals surface area contributed by atoms with Crippen LogP contribution in [0.15, 0.2) is 36.5 Å². The Hall–Kier alpha value is -2.23. The molecule has 0 saturated carbocycles. The Morgan fingerprint density at radius 1 is 0.867 bits per heavy atom. The number of imidazole rings is 1.